The van der Waals surface area contributed by atoms with Gasteiger partial charge in [0.25, 0.3) is 0 Å². The summed E-state index contributed by atoms with van der Waals surface area (Å²) in [6.45, 7) is 0. The highest BCUT2D eigenvalue weighted by Gasteiger charge is 1.36. The summed E-state index contributed by atoms with van der Waals surface area (Å²) in [6.07, 6.45) is 0. The summed E-state index contributed by atoms with van der Waals surface area (Å²) >= 11 is -0.250. The van der Waals surface area contributed by atoms with E-state index >= 15 is 0 Å². The van der Waals surface area contributed by atoms with Crippen molar-refractivity contribution in [2.45, 2.75) is 0 Å². The molecule has 0 fully saturated rings. The summed E-state index contributed by atoms with van der Waals surface area (Å²) in [5.74, 6) is 0. The molecule has 0 amide bonds. The molecule has 0 saturated heterocycles. The Morgan fingerprint density at radius 2 is 1.00 bits per heavy atom. The molecular formula is H4O4S. The van der Waals surface area contributed by atoms with Crippen molar-refractivity contribution in [2.24, 2.45) is 0 Å². The van der Waals surface area contributed by atoms with Crippen LogP contribution in [0.5, 0.6) is 0 Å². The van der Waals surface area contributed by atoms with Crippen LogP contribution in [-0.2, 0) is 0 Å². The molecule has 0 aromatic heterocycles. The van der Waals surface area contributed by atoms with Crippen molar-refractivity contribution < 1.29 is 19.6 Å². The molecule has 0 radical (unpaired) electrons. The Bertz CT molecular complexity index is 3.61. The second-order valence-electron chi connectivity index (χ2n) is 0.0816. The van der Waals surface area contributed by atoms with Crippen LogP contribution >= 0.6 is 12.3 Å². The van der Waals surface area contributed by atoms with E-state index in [9.17, 15) is 0 Å². The van der Waals surface area contributed by atoms with Crippen LogP contribution in [0.2, 0.25) is 0 Å². The van der Waals surface area contributed by atoms with Crippen LogP contribution in [0.4, 0.5) is 0 Å². The highest BCUT2D eigenvalue weighted by Crippen LogP contribution is 1.67. The maximum atomic E-state index is 7.04. The highest BCUT2D eigenvalue weighted by atomic mass is 32.2. The van der Waals surface area contributed by atoms with Crippen LogP contribution in [-0.4, -0.2) is 19.6 Å². The van der Waals surface area contributed by atoms with E-state index in [1.165, 1.54) is 0 Å². The topological polar surface area (TPSA) is 80.9 Å². The molecular weight excluding hydrogens is 96.1 g/mol. The average molecular weight is 100 g/mol. The Balaban J connectivity index is 0. The van der Waals surface area contributed by atoms with E-state index in [1.54, 1.807) is 0 Å². The van der Waals surface area contributed by atoms with Crippen LogP contribution in [0.1, 0.15) is 0 Å². The van der Waals surface area contributed by atoms with Crippen molar-refractivity contribution in [1.29, 1.82) is 0 Å². The van der Waals surface area contributed by atoms with Gasteiger partial charge in [0.2, 0.25) is 0 Å². The first-order valence-electron chi connectivity index (χ1n) is 0.565. The lowest BCUT2D eigenvalue weighted by molar-refractivity contribution is -0.176. The molecule has 5 heteroatoms. The van der Waals surface area contributed by atoms with Gasteiger partial charge in [-0.15, -0.1) is 0 Å². The summed E-state index contributed by atoms with van der Waals surface area (Å²) in [4.78, 5) is 0. The predicted octanol–water partition coefficient (Wildman–Crippen LogP) is 0.683. The van der Waals surface area contributed by atoms with Crippen LogP contribution in [0.25, 0.3) is 0 Å². The fourth-order valence-electron chi connectivity index (χ4n) is 0. The molecule has 0 atom stereocenters. The molecule has 4 nitrogen and oxygen atoms in total. The predicted molar refractivity (Wildman–Crippen MR) is 18.1 cm³/mol. The molecule has 0 aliphatic carbocycles. The fourth-order valence-corrected chi connectivity index (χ4v) is 0. The molecule has 0 aromatic rings. The Labute approximate surface area is 33.0 Å². The van der Waals surface area contributed by atoms with E-state index in [2.05, 4.69) is 0 Å². The molecule has 4 N–H and O–H groups in total. The van der Waals surface area contributed by atoms with Crippen molar-refractivity contribution in [2.75, 3.05) is 0 Å². The van der Waals surface area contributed by atoms with Gasteiger partial charge in [-0.1, -0.05) is 0 Å². The van der Waals surface area contributed by atoms with Gasteiger partial charge in [0.1, 0.15) is 0 Å². The summed E-state index contributed by atoms with van der Waals surface area (Å²) in [5, 5.41) is 12.0. The lowest BCUT2D eigenvalue weighted by atomic mass is 15.0. The van der Waals surface area contributed by atoms with Crippen molar-refractivity contribution in [3.8, 4) is 0 Å². The lowest BCUT2D eigenvalue weighted by Crippen LogP contribution is -1.31. The number of hydrogen-bond acceptors (Lipinski definition) is 5. The third kappa shape index (κ3) is 557. The van der Waals surface area contributed by atoms with Crippen molar-refractivity contribution in [3.63, 3.8) is 0 Å². The maximum Gasteiger partial charge on any atom is 0.152 e. The molecule has 0 aromatic carbocycles. The Hall–Kier alpha value is 0.190. The molecule has 0 aliphatic rings. The zero-order valence-corrected chi connectivity index (χ0v) is 3.01. The third-order valence-electron chi connectivity index (χ3n) is 0. The minimum Gasteiger partial charge on any atom is -0.307 e. The van der Waals surface area contributed by atoms with E-state index in [-0.39, 0.29) is 12.3 Å². The van der Waals surface area contributed by atoms with Gasteiger partial charge in [-0.2, -0.15) is 0 Å². The summed E-state index contributed by atoms with van der Waals surface area (Å²) < 4.78 is 14.1. The molecule has 34 valence electrons. The largest absolute Gasteiger partial charge is 0.307 e. The number of hydrogen-bond donors (Lipinski definition) is 4. The Morgan fingerprint density at radius 1 is 1.00 bits per heavy atom. The van der Waals surface area contributed by atoms with Crippen LogP contribution in [0.15, 0.2) is 0 Å². The minimum absolute atomic E-state index is 0.250. The zero-order chi connectivity index (χ0) is 4.71. The average Bonchev–Trinajstić information content (AvgIpc) is 1.46. The van der Waals surface area contributed by atoms with E-state index in [4.69, 9.17) is 19.6 Å². The molecule has 5 heavy (non-hydrogen) atoms. The smallest absolute Gasteiger partial charge is 0.152 e. The second kappa shape index (κ2) is 30.1. The summed E-state index contributed by atoms with van der Waals surface area (Å²) in [7, 11) is 0. The molecule has 0 spiro atoms. The lowest BCUT2D eigenvalue weighted by Gasteiger charge is -1.51. The van der Waals surface area contributed by atoms with Gasteiger partial charge in [-0.3, -0.25) is 10.5 Å². The molecule has 0 heterocycles. The second-order valence-corrected chi connectivity index (χ2v) is 0.245. The standard InChI is InChI=1S/H2O2S.H2O2/c1-3-2;1-2/h1-2H;1-2H. The summed E-state index contributed by atoms with van der Waals surface area (Å²) in [6, 6.07) is 0. The van der Waals surface area contributed by atoms with Gasteiger partial charge in [0.05, 0.1) is 0 Å². The first-order valence-corrected chi connectivity index (χ1v) is 1.30. The van der Waals surface area contributed by atoms with E-state index in [1.807, 2.05) is 0 Å². The van der Waals surface area contributed by atoms with Gasteiger partial charge in [-0.25, -0.2) is 0 Å². The van der Waals surface area contributed by atoms with Gasteiger partial charge in [0, 0.05) is 0 Å². The van der Waals surface area contributed by atoms with Gasteiger partial charge < -0.3 is 9.11 Å². The third-order valence-corrected chi connectivity index (χ3v) is 0. The highest BCUT2D eigenvalue weighted by molar-refractivity contribution is 7.87. The van der Waals surface area contributed by atoms with Crippen molar-refractivity contribution >= 4 is 12.3 Å². The fraction of sp³-hybridized carbons (Fsp3) is 0. The first-order chi connectivity index (χ1) is 2.41. The van der Waals surface area contributed by atoms with E-state index in [0.717, 1.165) is 0 Å². The number of rotatable bonds is 0. The maximum absolute atomic E-state index is 7.04. The van der Waals surface area contributed by atoms with Gasteiger partial charge in [-0.05, 0) is 0 Å². The van der Waals surface area contributed by atoms with Crippen molar-refractivity contribution in [3.05, 3.63) is 0 Å². The first kappa shape index (κ1) is 8.95. The minimum atomic E-state index is -0.250. The summed E-state index contributed by atoms with van der Waals surface area (Å²) in [5.41, 5.74) is 0. The van der Waals surface area contributed by atoms with Crippen LogP contribution in [0, 0.1) is 0 Å². The van der Waals surface area contributed by atoms with Crippen LogP contribution in [0.3, 0.4) is 0 Å². The monoisotopic (exact) mass is 100.0 g/mol. The van der Waals surface area contributed by atoms with E-state index in [0.29, 0.717) is 0 Å². The van der Waals surface area contributed by atoms with Crippen LogP contribution < -0.4 is 0 Å². The SMILES string of the molecule is OO.OSO. The molecule has 0 aliphatic heterocycles. The molecule has 0 bridgehead atoms. The quantitative estimate of drug-likeness (QED) is 0.204. The Kier molecular flexibility index (Phi) is 53.9. The molecule has 0 rings (SSSR count). The van der Waals surface area contributed by atoms with Gasteiger partial charge in [0.15, 0.2) is 12.3 Å². The van der Waals surface area contributed by atoms with Crippen molar-refractivity contribution in [1.82, 2.24) is 0 Å². The molecule has 0 saturated carbocycles. The van der Waals surface area contributed by atoms with E-state index < -0.39 is 0 Å². The zero-order valence-electron chi connectivity index (χ0n) is 2.20. The normalized spacial score (nSPS) is 4.80. The Morgan fingerprint density at radius 3 is 1.00 bits per heavy atom. The van der Waals surface area contributed by atoms with Gasteiger partial charge >= 0.3 is 0 Å². The molecule has 0 unspecified atom stereocenters.